The molecule has 0 aromatic heterocycles. The van der Waals surface area contributed by atoms with Crippen molar-refractivity contribution in [1.29, 1.82) is 0 Å². The number of nitrogens with one attached hydrogen (secondary N) is 2. The van der Waals surface area contributed by atoms with E-state index in [9.17, 15) is 4.79 Å². The van der Waals surface area contributed by atoms with Gasteiger partial charge >= 0.3 is 0 Å². The van der Waals surface area contributed by atoms with E-state index in [1.54, 1.807) is 12.1 Å². The Bertz CT molecular complexity index is 1050. The maximum atomic E-state index is 12.6. The lowest BCUT2D eigenvalue weighted by Gasteiger charge is -2.18. The highest BCUT2D eigenvalue weighted by molar-refractivity contribution is 6.13. The lowest BCUT2D eigenvalue weighted by Crippen LogP contribution is -2.21. The van der Waals surface area contributed by atoms with E-state index < -0.39 is 0 Å². The van der Waals surface area contributed by atoms with Crippen LogP contribution >= 0.6 is 0 Å². The number of nitrogens with zero attached hydrogens (tertiary/aromatic N) is 2. The minimum absolute atomic E-state index is 0.0762. The van der Waals surface area contributed by atoms with Crippen molar-refractivity contribution in [2.75, 3.05) is 49.9 Å². The Morgan fingerprint density at radius 2 is 1.44 bits per heavy atom. The molecule has 7 heteroatoms. The summed E-state index contributed by atoms with van der Waals surface area (Å²) in [5, 5.41) is 19.2. The standard InChI is InChI=1S/C25H28N4O3/c1-26-21-10-4-18(5-11-21)24(28-32-3)19-6-12-22(13-7-19)27-25(31)20-8-14-23(15-9-20)29(2)16-17-30/h4-15,26,30H,16-17H2,1-3H3,(H,27,31)/b28-24-. The molecule has 0 unspecified atom stereocenters. The summed E-state index contributed by atoms with van der Waals surface area (Å²) >= 11 is 0. The van der Waals surface area contributed by atoms with Gasteiger partial charge in [-0.25, -0.2) is 0 Å². The third kappa shape index (κ3) is 5.65. The van der Waals surface area contributed by atoms with Gasteiger partial charge in [0.15, 0.2) is 0 Å². The zero-order chi connectivity index (χ0) is 22.9. The van der Waals surface area contributed by atoms with Crippen LogP contribution in [0.4, 0.5) is 17.1 Å². The molecule has 166 valence electrons. The normalized spacial score (nSPS) is 11.1. The molecule has 0 aliphatic carbocycles. The van der Waals surface area contributed by atoms with Crippen molar-refractivity contribution in [2.45, 2.75) is 0 Å². The largest absolute Gasteiger partial charge is 0.399 e. The molecule has 0 saturated carbocycles. The van der Waals surface area contributed by atoms with Crippen molar-refractivity contribution >= 4 is 28.7 Å². The van der Waals surface area contributed by atoms with Crippen LogP contribution in [0.25, 0.3) is 0 Å². The number of hydrogen-bond donors (Lipinski definition) is 3. The first-order valence-electron chi connectivity index (χ1n) is 10.3. The molecule has 3 N–H and O–H groups in total. The van der Waals surface area contributed by atoms with E-state index >= 15 is 0 Å². The molecule has 3 aromatic carbocycles. The quantitative estimate of drug-likeness (QED) is 0.354. The van der Waals surface area contributed by atoms with E-state index in [4.69, 9.17) is 9.94 Å². The van der Waals surface area contributed by atoms with E-state index in [-0.39, 0.29) is 12.5 Å². The van der Waals surface area contributed by atoms with Crippen LogP contribution in [0, 0.1) is 0 Å². The summed E-state index contributed by atoms with van der Waals surface area (Å²) in [7, 11) is 5.28. The molecule has 0 heterocycles. The summed E-state index contributed by atoms with van der Waals surface area (Å²) in [5.74, 6) is -0.192. The van der Waals surface area contributed by atoms with Gasteiger partial charge in [-0.2, -0.15) is 0 Å². The Hall–Kier alpha value is -3.84. The Morgan fingerprint density at radius 1 is 0.906 bits per heavy atom. The number of hydrogen-bond acceptors (Lipinski definition) is 6. The number of carbonyl (C=O) groups is 1. The van der Waals surface area contributed by atoms with Crippen molar-refractivity contribution in [1.82, 2.24) is 0 Å². The number of benzene rings is 3. The Morgan fingerprint density at radius 3 is 1.94 bits per heavy atom. The number of anilines is 3. The van der Waals surface area contributed by atoms with Gasteiger partial charge < -0.3 is 25.5 Å². The number of aliphatic hydroxyl groups excluding tert-OH is 1. The van der Waals surface area contributed by atoms with Gasteiger partial charge in [0.05, 0.1) is 6.61 Å². The molecule has 7 nitrogen and oxygen atoms in total. The molecule has 0 radical (unpaired) electrons. The Balaban J connectivity index is 1.71. The van der Waals surface area contributed by atoms with E-state index in [1.807, 2.05) is 79.7 Å². The fourth-order valence-electron chi connectivity index (χ4n) is 3.22. The Kier molecular flexibility index (Phi) is 7.83. The molecular weight excluding hydrogens is 404 g/mol. The average molecular weight is 433 g/mol. The van der Waals surface area contributed by atoms with E-state index in [0.717, 1.165) is 22.5 Å². The number of likely N-dealkylation sites (N-methyl/N-ethyl adjacent to an activating group) is 1. The van der Waals surface area contributed by atoms with Gasteiger partial charge in [-0.05, 0) is 48.5 Å². The lowest BCUT2D eigenvalue weighted by molar-refractivity contribution is 0.102. The van der Waals surface area contributed by atoms with Crippen LogP contribution in [0.5, 0.6) is 0 Å². The molecule has 1 amide bonds. The van der Waals surface area contributed by atoms with Crippen LogP contribution in [0.2, 0.25) is 0 Å². The summed E-state index contributed by atoms with van der Waals surface area (Å²) in [6.45, 7) is 0.610. The van der Waals surface area contributed by atoms with Crippen molar-refractivity contribution in [3.63, 3.8) is 0 Å². The monoisotopic (exact) mass is 432 g/mol. The first-order valence-corrected chi connectivity index (χ1v) is 10.3. The summed E-state index contributed by atoms with van der Waals surface area (Å²) in [6, 6.07) is 22.6. The Labute approximate surface area is 188 Å². The molecule has 0 aliphatic rings. The van der Waals surface area contributed by atoms with Gasteiger partial charge in [0.1, 0.15) is 12.8 Å². The first-order chi connectivity index (χ1) is 15.5. The summed E-state index contributed by atoms with van der Waals surface area (Å²) in [5.41, 5.74) is 5.69. The molecule has 0 saturated heterocycles. The van der Waals surface area contributed by atoms with Gasteiger partial charge in [0, 0.05) is 54.4 Å². The van der Waals surface area contributed by atoms with Gasteiger partial charge in [-0.15, -0.1) is 0 Å². The maximum Gasteiger partial charge on any atom is 0.255 e. The molecule has 0 aliphatic heterocycles. The van der Waals surface area contributed by atoms with E-state index in [1.165, 1.54) is 7.11 Å². The molecule has 0 atom stereocenters. The van der Waals surface area contributed by atoms with Crippen LogP contribution in [0.15, 0.2) is 78.0 Å². The summed E-state index contributed by atoms with van der Waals surface area (Å²) in [4.78, 5) is 19.6. The summed E-state index contributed by atoms with van der Waals surface area (Å²) in [6.07, 6.45) is 0. The van der Waals surface area contributed by atoms with Crippen LogP contribution in [0.3, 0.4) is 0 Å². The topological polar surface area (TPSA) is 86.2 Å². The number of aliphatic hydroxyl groups is 1. The van der Waals surface area contributed by atoms with Gasteiger partial charge in [0.2, 0.25) is 0 Å². The van der Waals surface area contributed by atoms with Gasteiger partial charge in [0.25, 0.3) is 5.91 Å². The summed E-state index contributed by atoms with van der Waals surface area (Å²) < 4.78 is 0. The fourth-order valence-corrected chi connectivity index (χ4v) is 3.22. The maximum absolute atomic E-state index is 12.6. The molecule has 3 aromatic rings. The van der Waals surface area contributed by atoms with Crippen molar-refractivity contribution in [2.24, 2.45) is 5.16 Å². The zero-order valence-electron chi connectivity index (χ0n) is 18.5. The minimum atomic E-state index is -0.192. The van der Waals surface area contributed by atoms with Crippen molar-refractivity contribution < 1.29 is 14.7 Å². The molecule has 0 bridgehead atoms. The molecular formula is C25H28N4O3. The predicted molar refractivity (Wildman–Crippen MR) is 130 cm³/mol. The second-order valence-corrected chi connectivity index (χ2v) is 7.17. The first kappa shape index (κ1) is 22.8. The highest BCUT2D eigenvalue weighted by Crippen LogP contribution is 2.19. The minimum Gasteiger partial charge on any atom is -0.399 e. The van der Waals surface area contributed by atoms with Crippen molar-refractivity contribution in [3.8, 4) is 0 Å². The fraction of sp³-hybridized carbons (Fsp3) is 0.200. The molecule has 0 fully saturated rings. The third-order valence-corrected chi connectivity index (χ3v) is 5.05. The van der Waals surface area contributed by atoms with Gasteiger partial charge in [-0.1, -0.05) is 29.4 Å². The van der Waals surface area contributed by atoms with Crippen LogP contribution < -0.4 is 15.5 Å². The SMILES string of the molecule is CNc1ccc(/C(=N/OC)c2ccc(NC(=O)c3ccc(N(C)CCO)cc3)cc2)cc1. The lowest BCUT2D eigenvalue weighted by atomic mass is 10.0. The number of carbonyl (C=O) groups excluding carboxylic acids is 1. The zero-order valence-corrected chi connectivity index (χ0v) is 18.5. The smallest absolute Gasteiger partial charge is 0.255 e. The predicted octanol–water partition coefficient (Wildman–Crippen LogP) is 3.81. The van der Waals surface area contributed by atoms with Crippen LogP contribution in [0.1, 0.15) is 21.5 Å². The molecule has 3 rings (SSSR count). The highest BCUT2D eigenvalue weighted by Gasteiger charge is 2.11. The number of oxime groups is 1. The van der Waals surface area contributed by atoms with Gasteiger partial charge in [-0.3, -0.25) is 4.79 Å². The van der Waals surface area contributed by atoms with Crippen LogP contribution in [-0.2, 0) is 4.84 Å². The van der Waals surface area contributed by atoms with E-state index in [2.05, 4.69) is 15.8 Å². The van der Waals surface area contributed by atoms with Crippen molar-refractivity contribution in [3.05, 3.63) is 89.5 Å². The average Bonchev–Trinajstić information content (AvgIpc) is 2.83. The highest BCUT2D eigenvalue weighted by atomic mass is 16.6. The van der Waals surface area contributed by atoms with E-state index in [0.29, 0.717) is 23.5 Å². The van der Waals surface area contributed by atoms with Crippen LogP contribution in [-0.4, -0.2) is 51.1 Å². The third-order valence-electron chi connectivity index (χ3n) is 5.05. The molecule has 0 spiro atoms. The second kappa shape index (κ2) is 11.0. The number of rotatable bonds is 9. The number of amides is 1. The molecule has 32 heavy (non-hydrogen) atoms. The second-order valence-electron chi connectivity index (χ2n) is 7.17.